The molecule has 288 valence electrons. The molecule has 8 aliphatic rings. The van der Waals surface area contributed by atoms with Crippen LogP contribution in [0.2, 0.25) is 0 Å². The van der Waals surface area contributed by atoms with Crippen molar-refractivity contribution in [3.05, 3.63) is 23.8 Å². The number of fused-ring (bicyclic) bond motifs is 7. The summed E-state index contributed by atoms with van der Waals surface area (Å²) < 4.78 is 37.5. The van der Waals surface area contributed by atoms with E-state index in [2.05, 4.69) is 33.4 Å². The van der Waals surface area contributed by atoms with Gasteiger partial charge in [-0.1, -0.05) is 39.0 Å². The van der Waals surface area contributed by atoms with Crippen molar-refractivity contribution in [3.63, 3.8) is 0 Å². The molecule has 4 saturated heterocycles. The van der Waals surface area contributed by atoms with Gasteiger partial charge in [0.25, 0.3) is 0 Å². The number of allylic oxidation sites excluding steroid dienone is 1. The first-order valence-electron chi connectivity index (χ1n) is 19.1. The monoisotopic (exact) mass is 722 g/mol. The molecule has 0 aromatic carbocycles. The molecular formula is C38H58O13. The first kappa shape index (κ1) is 36.9. The highest BCUT2D eigenvalue weighted by atomic mass is 16.8. The van der Waals surface area contributed by atoms with Crippen molar-refractivity contribution in [2.24, 2.45) is 40.4 Å². The fourth-order valence-corrected chi connectivity index (χ4v) is 12.3. The van der Waals surface area contributed by atoms with Crippen molar-refractivity contribution >= 4 is 0 Å². The van der Waals surface area contributed by atoms with Gasteiger partial charge in [-0.3, -0.25) is 0 Å². The Morgan fingerprint density at radius 3 is 2.39 bits per heavy atom. The van der Waals surface area contributed by atoms with E-state index in [9.17, 15) is 35.7 Å². The van der Waals surface area contributed by atoms with Gasteiger partial charge in [-0.25, -0.2) is 0 Å². The summed E-state index contributed by atoms with van der Waals surface area (Å²) in [6.07, 6.45) is -6.62. The highest BCUT2D eigenvalue weighted by Gasteiger charge is 2.71. The normalized spacial score (nSPS) is 58.4. The van der Waals surface area contributed by atoms with Crippen LogP contribution in [0.1, 0.15) is 72.6 Å². The van der Waals surface area contributed by atoms with Gasteiger partial charge in [0.15, 0.2) is 18.4 Å². The molecule has 3 saturated carbocycles. The van der Waals surface area contributed by atoms with Crippen LogP contribution in [0.15, 0.2) is 23.8 Å². The van der Waals surface area contributed by atoms with Crippen molar-refractivity contribution in [3.8, 4) is 0 Å². The molecule has 4 aliphatic carbocycles. The van der Waals surface area contributed by atoms with Gasteiger partial charge in [-0.05, 0) is 73.7 Å². The van der Waals surface area contributed by atoms with Crippen LogP contribution in [0, 0.1) is 40.4 Å². The highest BCUT2D eigenvalue weighted by molar-refractivity contribution is 5.29. The maximum atomic E-state index is 11.2. The molecule has 13 nitrogen and oxygen atoms in total. The standard InChI is InChI=1S/C38H58O13/c1-16-10-26(41)38(47-14-16)17(2)28-25(51-38)13-23-21-7-6-19-11-20(39)12-27(37(19,5)22(21)8-9-36(23,28)4)49-35-33(30(43)24(40)15-46-35)50-34-32(45)31(44)29(42)18(3)48-34/h6,17-18,20-35,39-45H,1,7-15H2,2-5H3. The van der Waals surface area contributed by atoms with Gasteiger partial charge in [0.2, 0.25) is 0 Å². The van der Waals surface area contributed by atoms with E-state index >= 15 is 0 Å². The fourth-order valence-electron chi connectivity index (χ4n) is 12.3. The minimum Gasteiger partial charge on any atom is -0.393 e. The first-order valence-corrected chi connectivity index (χ1v) is 19.1. The topological polar surface area (TPSA) is 197 Å². The maximum Gasteiger partial charge on any atom is 0.198 e. The van der Waals surface area contributed by atoms with Gasteiger partial charge in [0.1, 0.15) is 42.7 Å². The second-order valence-corrected chi connectivity index (χ2v) is 17.6. The lowest BCUT2D eigenvalue weighted by Crippen LogP contribution is -2.63. The van der Waals surface area contributed by atoms with Crippen molar-refractivity contribution in [2.45, 2.75) is 158 Å². The van der Waals surface area contributed by atoms with Crippen LogP contribution >= 0.6 is 0 Å². The van der Waals surface area contributed by atoms with Gasteiger partial charge in [0.05, 0.1) is 37.6 Å². The summed E-state index contributed by atoms with van der Waals surface area (Å²) in [6, 6.07) is 0. The Labute approximate surface area is 299 Å². The zero-order valence-corrected chi connectivity index (χ0v) is 30.1. The third-order valence-electron chi connectivity index (χ3n) is 15.0. The number of hydrogen-bond acceptors (Lipinski definition) is 13. The van der Waals surface area contributed by atoms with E-state index in [0.29, 0.717) is 37.7 Å². The largest absolute Gasteiger partial charge is 0.393 e. The smallest absolute Gasteiger partial charge is 0.198 e. The van der Waals surface area contributed by atoms with Crippen LogP contribution in [-0.4, -0.2) is 134 Å². The first-order chi connectivity index (χ1) is 24.1. The predicted molar refractivity (Wildman–Crippen MR) is 178 cm³/mol. The Morgan fingerprint density at radius 2 is 1.65 bits per heavy atom. The summed E-state index contributed by atoms with van der Waals surface area (Å²) >= 11 is 0. The van der Waals surface area contributed by atoms with Gasteiger partial charge < -0.3 is 64.2 Å². The molecule has 1 spiro atoms. The molecule has 7 fully saturated rings. The molecule has 21 atom stereocenters. The fraction of sp³-hybridized carbons (Fsp3) is 0.895. The van der Waals surface area contributed by atoms with Crippen LogP contribution in [0.25, 0.3) is 0 Å². The lowest BCUT2D eigenvalue weighted by atomic mass is 9.46. The molecule has 7 N–H and O–H groups in total. The van der Waals surface area contributed by atoms with E-state index in [0.717, 1.165) is 36.8 Å². The lowest BCUT2D eigenvalue weighted by Gasteiger charge is -2.60. The molecule has 0 amide bonds. The maximum absolute atomic E-state index is 11.2. The second kappa shape index (κ2) is 13.0. The zero-order valence-electron chi connectivity index (χ0n) is 30.1. The number of aliphatic hydroxyl groups excluding tert-OH is 7. The van der Waals surface area contributed by atoms with Gasteiger partial charge >= 0.3 is 0 Å². The van der Waals surface area contributed by atoms with Crippen molar-refractivity contribution in [2.75, 3.05) is 13.2 Å². The van der Waals surface area contributed by atoms with E-state index in [1.807, 2.05) is 0 Å². The van der Waals surface area contributed by atoms with Crippen molar-refractivity contribution < 1.29 is 64.2 Å². The predicted octanol–water partition coefficient (Wildman–Crippen LogP) is 0.891. The summed E-state index contributed by atoms with van der Waals surface area (Å²) in [7, 11) is 0. The van der Waals surface area contributed by atoms with E-state index < -0.39 is 84.8 Å². The minimum absolute atomic E-state index is 0.0136. The zero-order chi connectivity index (χ0) is 36.4. The van der Waals surface area contributed by atoms with Crippen molar-refractivity contribution in [1.29, 1.82) is 0 Å². The summed E-state index contributed by atoms with van der Waals surface area (Å²) in [6.45, 7) is 12.6. The quantitative estimate of drug-likeness (QED) is 0.202. The summed E-state index contributed by atoms with van der Waals surface area (Å²) in [5.41, 5.74) is 1.55. The van der Waals surface area contributed by atoms with Crippen LogP contribution in [0.4, 0.5) is 0 Å². The Bertz CT molecular complexity index is 1380. The van der Waals surface area contributed by atoms with Crippen LogP contribution in [0.5, 0.6) is 0 Å². The molecule has 0 radical (unpaired) electrons. The van der Waals surface area contributed by atoms with Gasteiger partial charge in [-0.15, -0.1) is 0 Å². The van der Waals surface area contributed by atoms with Crippen LogP contribution in [0.3, 0.4) is 0 Å². The van der Waals surface area contributed by atoms with E-state index in [1.54, 1.807) is 0 Å². The minimum atomic E-state index is -1.62. The molecule has 0 aromatic heterocycles. The molecule has 51 heavy (non-hydrogen) atoms. The van der Waals surface area contributed by atoms with Crippen molar-refractivity contribution in [1.82, 2.24) is 0 Å². The molecule has 8 rings (SSSR count). The Kier molecular flexibility index (Phi) is 9.43. The Morgan fingerprint density at radius 1 is 0.882 bits per heavy atom. The average Bonchev–Trinajstić information content (AvgIpc) is 3.54. The van der Waals surface area contributed by atoms with Crippen LogP contribution < -0.4 is 0 Å². The Hall–Kier alpha value is -1.04. The number of ether oxygens (including phenoxy) is 6. The summed E-state index contributed by atoms with van der Waals surface area (Å²) in [5, 5.41) is 75.3. The SMILES string of the molecule is C=C1COC2(OC3CC4C5CC=C6CC(O)CC(OC7OCC(O)C(O)C7OC7OC(C)C(O)C(O)C7O)C6(C)C5CCC4(C)C3C2C)C(O)C1. The van der Waals surface area contributed by atoms with E-state index in [1.165, 1.54) is 6.92 Å². The molecular weight excluding hydrogens is 664 g/mol. The van der Waals surface area contributed by atoms with Gasteiger partial charge in [-0.2, -0.15) is 0 Å². The molecule has 0 bridgehead atoms. The molecule has 4 aliphatic heterocycles. The third kappa shape index (κ3) is 5.51. The molecule has 0 aromatic rings. The molecule has 13 heteroatoms. The highest BCUT2D eigenvalue weighted by Crippen LogP contribution is 2.71. The van der Waals surface area contributed by atoms with Gasteiger partial charge in [0, 0.05) is 24.2 Å². The second-order valence-electron chi connectivity index (χ2n) is 17.6. The number of aliphatic hydroxyl groups is 7. The average molecular weight is 723 g/mol. The Balaban J connectivity index is 1.04. The summed E-state index contributed by atoms with van der Waals surface area (Å²) in [5.74, 6) is 0.192. The number of hydrogen-bond donors (Lipinski definition) is 7. The van der Waals surface area contributed by atoms with E-state index in [4.69, 9.17) is 28.4 Å². The third-order valence-corrected chi connectivity index (χ3v) is 15.0. The lowest BCUT2D eigenvalue weighted by molar-refractivity contribution is -0.362. The molecule has 4 heterocycles. The van der Waals surface area contributed by atoms with E-state index in [-0.39, 0.29) is 35.9 Å². The number of rotatable bonds is 4. The van der Waals surface area contributed by atoms with Crippen LogP contribution in [-0.2, 0) is 28.4 Å². The molecule has 21 unspecified atom stereocenters. The summed E-state index contributed by atoms with van der Waals surface area (Å²) in [4.78, 5) is 0.